The molecule has 3 heterocycles. The molecular formula is C31H31F9N6O7. The van der Waals surface area contributed by atoms with Crippen LogP contribution in [0.3, 0.4) is 0 Å². The van der Waals surface area contributed by atoms with Gasteiger partial charge in [0.2, 0.25) is 0 Å². The maximum atomic E-state index is 12.7. The molecule has 0 aliphatic heterocycles. The summed E-state index contributed by atoms with van der Waals surface area (Å²) in [6.45, 7) is 7.24. The number of carbonyl (C=O) groups is 4. The number of aromatic nitrogens is 4. The lowest BCUT2D eigenvalue weighted by atomic mass is 9.87. The van der Waals surface area contributed by atoms with Crippen molar-refractivity contribution >= 4 is 41.1 Å². The summed E-state index contributed by atoms with van der Waals surface area (Å²) < 4.78 is 96.9. The van der Waals surface area contributed by atoms with Gasteiger partial charge < -0.3 is 25.5 Å². The van der Waals surface area contributed by atoms with Crippen LogP contribution in [0.25, 0.3) is 5.65 Å². The van der Waals surface area contributed by atoms with Crippen molar-refractivity contribution in [2.24, 2.45) is 0 Å². The summed E-state index contributed by atoms with van der Waals surface area (Å²) in [5, 5.41) is 28.9. The number of rotatable bonds is 6. The molecule has 4 aromatic rings. The number of alkyl halides is 9. The number of hydrogen-bond donors (Lipinski definition) is 4. The van der Waals surface area contributed by atoms with E-state index in [4.69, 9.17) is 29.7 Å². The molecule has 1 aromatic carbocycles. The van der Waals surface area contributed by atoms with Gasteiger partial charge >= 0.3 is 36.4 Å². The number of carboxylic acids is 3. The Morgan fingerprint density at radius 2 is 1.25 bits per heavy atom. The zero-order chi connectivity index (χ0) is 40.9. The highest BCUT2D eigenvalue weighted by Gasteiger charge is 2.39. The van der Waals surface area contributed by atoms with Gasteiger partial charge in [-0.25, -0.2) is 23.9 Å². The Hall–Kier alpha value is -5.96. The van der Waals surface area contributed by atoms with Crippen molar-refractivity contribution in [3.63, 3.8) is 0 Å². The van der Waals surface area contributed by atoms with E-state index in [-0.39, 0.29) is 11.3 Å². The van der Waals surface area contributed by atoms with E-state index in [2.05, 4.69) is 46.1 Å². The van der Waals surface area contributed by atoms with Crippen LogP contribution in [0, 0.1) is 0 Å². The maximum Gasteiger partial charge on any atom is 0.490 e. The van der Waals surface area contributed by atoms with Crippen LogP contribution in [0.2, 0.25) is 0 Å². The Balaban J connectivity index is 0.000000545. The Morgan fingerprint density at radius 3 is 1.66 bits per heavy atom. The molecule has 4 rings (SSSR count). The van der Waals surface area contributed by atoms with Gasteiger partial charge in [0, 0.05) is 37.5 Å². The number of carboxylic acid groups (broad SMARTS) is 3. The molecule has 0 bridgehead atoms. The number of pyridine rings is 1. The summed E-state index contributed by atoms with van der Waals surface area (Å²) in [7, 11) is 2.00. The van der Waals surface area contributed by atoms with Gasteiger partial charge in [0.25, 0.3) is 5.91 Å². The first-order valence-corrected chi connectivity index (χ1v) is 14.4. The minimum atomic E-state index is -5.08. The number of likely N-dealkylation sites (N-methyl/N-ethyl adjacent to an activating group) is 1. The first kappa shape index (κ1) is 45.1. The number of amides is 1. The predicted molar refractivity (Wildman–Crippen MR) is 168 cm³/mol. The fourth-order valence-electron chi connectivity index (χ4n) is 3.39. The second-order valence-corrected chi connectivity index (χ2v) is 11.3. The van der Waals surface area contributed by atoms with Crippen molar-refractivity contribution in [2.75, 3.05) is 23.8 Å². The lowest BCUT2D eigenvalue weighted by molar-refractivity contribution is -0.193. The number of hydrogen-bond acceptors (Lipinski definition) is 8. The van der Waals surface area contributed by atoms with Gasteiger partial charge in [0.05, 0.1) is 6.20 Å². The summed E-state index contributed by atoms with van der Waals surface area (Å²) >= 11 is 0. The van der Waals surface area contributed by atoms with Gasteiger partial charge in [-0.3, -0.25) is 9.78 Å². The minimum Gasteiger partial charge on any atom is -0.475 e. The number of anilines is 2. The standard InChI is InChI=1S/C25H28N6O.3C2HF3O2/c1-25(2,3)19-10-8-18(9-11-19)24(32)28-21-17-31-22(27-21)12-13-23(29-31)30(4)16-14-20-7-5-6-15-26-20;3*3-2(4,5)1(6)7/h5-13,15,17H,14,16H2,1-4H3,(H,28,32);3*(H,6,7). The van der Waals surface area contributed by atoms with Crippen molar-refractivity contribution < 1.29 is 74.0 Å². The molecule has 0 aliphatic carbocycles. The van der Waals surface area contributed by atoms with E-state index in [1.165, 1.54) is 5.56 Å². The van der Waals surface area contributed by atoms with Crippen LogP contribution in [0.15, 0.2) is 67.0 Å². The number of halogens is 9. The number of aliphatic carboxylic acids is 3. The molecular weight excluding hydrogens is 739 g/mol. The maximum absolute atomic E-state index is 12.7. The molecule has 0 radical (unpaired) electrons. The number of nitrogens with zero attached hydrogens (tertiary/aromatic N) is 5. The zero-order valence-corrected chi connectivity index (χ0v) is 27.9. The molecule has 22 heteroatoms. The van der Waals surface area contributed by atoms with Crippen LogP contribution in [-0.4, -0.2) is 90.8 Å². The molecule has 290 valence electrons. The van der Waals surface area contributed by atoms with Crippen LogP contribution in [-0.2, 0) is 26.2 Å². The molecule has 1 amide bonds. The number of imidazole rings is 1. The Bertz CT molecular complexity index is 1770. The van der Waals surface area contributed by atoms with E-state index < -0.39 is 36.4 Å². The second-order valence-electron chi connectivity index (χ2n) is 11.3. The first-order valence-electron chi connectivity index (χ1n) is 14.4. The third kappa shape index (κ3) is 16.3. The molecule has 3 aromatic heterocycles. The number of fused-ring (bicyclic) bond motifs is 1. The molecule has 0 spiro atoms. The normalized spacial score (nSPS) is 11.4. The number of carbonyl (C=O) groups excluding carboxylic acids is 1. The highest BCUT2D eigenvalue weighted by Crippen LogP contribution is 2.23. The number of benzene rings is 1. The average molecular weight is 771 g/mol. The molecule has 4 N–H and O–H groups in total. The van der Waals surface area contributed by atoms with E-state index in [0.29, 0.717) is 17.0 Å². The van der Waals surface area contributed by atoms with Crippen LogP contribution in [0.1, 0.15) is 42.4 Å². The van der Waals surface area contributed by atoms with Gasteiger partial charge in [-0.2, -0.15) is 39.5 Å². The van der Waals surface area contributed by atoms with Gasteiger partial charge in [0.15, 0.2) is 11.5 Å². The van der Waals surface area contributed by atoms with Crippen LogP contribution in [0.5, 0.6) is 0 Å². The van der Waals surface area contributed by atoms with Crippen molar-refractivity contribution in [1.29, 1.82) is 0 Å². The molecule has 0 atom stereocenters. The highest BCUT2D eigenvalue weighted by atomic mass is 19.4. The van der Waals surface area contributed by atoms with Crippen molar-refractivity contribution in [2.45, 2.75) is 51.1 Å². The third-order valence-electron chi connectivity index (χ3n) is 6.11. The van der Waals surface area contributed by atoms with Crippen molar-refractivity contribution in [3.8, 4) is 0 Å². The van der Waals surface area contributed by atoms with Gasteiger partial charge in [-0.05, 0) is 47.4 Å². The van der Waals surface area contributed by atoms with E-state index >= 15 is 0 Å². The summed E-state index contributed by atoms with van der Waals surface area (Å²) in [5.74, 6) is -7.17. The molecule has 0 unspecified atom stereocenters. The molecule has 53 heavy (non-hydrogen) atoms. The largest absolute Gasteiger partial charge is 0.490 e. The van der Waals surface area contributed by atoms with Gasteiger partial charge in [-0.15, -0.1) is 5.10 Å². The smallest absolute Gasteiger partial charge is 0.475 e. The fourth-order valence-corrected chi connectivity index (χ4v) is 3.39. The predicted octanol–water partition coefficient (Wildman–Crippen LogP) is 6.25. The summed E-state index contributed by atoms with van der Waals surface area (Å²) in [4.78, 5) is 50.2. The van der Waals surface area contributed by atoms with Crippen LogP contribution in [0.4, 0.5) is 51.1 Å². The number of nitrogens with one attached hydrogen (secondary N) is 1. The van der Waals surface area contributed by atoms with Crippen molar-refractivity contribution in [1.82, 2.24) is 19.6 Å². The van der Waals surface area contributed by atoms with Gasteiger partial charge in [0.1, 0.15) is 5.82 Å². The first-order chi connectivity index (χ1) is 24.1. The van der Waals surface area contributed by atoms with E-state index in [0.717, 1.165) is 24.5 Å². The van der Waals surface area contributed by atoms with Crippen LogP contribution >= 0.6 is 0 Å². The van der Waals surface area contributed by atoms with E-state index in [1.807, 2.05) is 61.6 Å². The fraction of sp³-hybridized carbons (Fsp3) is 0.323. The topological polar surface area (TPSA) is 187 Å². The molecule has 0 aliphatic rings. The zero-order valence-electron chi connectivity index (χ0n) is 27.9. The average Bonchev–Trinajstić information content (AvgIpc) is 3.45. The Morgan fingerprint density at radius 1 is 0.755 bits per heavy atom. The van der Waals surface area contributed by atoms with Crippen molar-refractivity contribution in [3.05, 3.63) is 83.8 Å². The molecule has 0 saturated carbocycles. The summed E-state index contributed by atoms with van der Waals surface area (Å²) in [5.41, 5.74) is 3.54. The van der Waals surface area contributed by atoms with Crippen LogP contribution < -0.4 is 10.2 Å². The Labute approximate surface area is 293 Å². The SMILES string of the molecule is CN(CCc1ccccn1)c1ccc2nc(NC(=O)c3ccc(C(C)(C)C)cc3)cn2n1.O=C(O)C(F)(F)F.O=C(O)C(F)(F)F.O=C(O)C(F)(F)F. The lowest BCUT2D eigenvalue weighted by Crippen LogP contribution is -2.22. The summed E-state index contributed by atoms with van der Waals surface area (Å²) in [6.07, 6.45) is -10.9. The highest BCUT2D eigenvalue weighted by molar-refractivity contribution is 6.03. The van der Waals surface area contributed by atoms with E-state index in [1.54, 1.807) is 16.9 Å². The molecule has 0 fully saturated rings. The summed E-state index contributed by atoms with van der Waals surface area (Å²) in [6, 6.07) is 17.4. The lowest BCUT2D eigenvalue weighted by Gasteiger charge is -2.18. The second kappa shape index (κ2) is 18.5. The quantitative estimate of drug-likeness (QED) is 0.162. The molecule has 13 nitrogen and oxygen atoms in total. The minimum absolute atomic E-state index is 0.0464. The third-order valence-corrected chi connectivity index (χ3v) is 6.11. The monoisotopic (exact) mass is 770 g/mol. The van der Waals surface area contributed by atoms with Gasteiger partial charge in [-0.1, -0.05) is 39.0 Å². The Kier molecular flexibility index (Phi) is 15.7. The van der Waals surface area contributed by atoms with E-state index in [9.17, 15) is 44.3 Å². The molecule has 0 saturated heterocycles.